The van der Waals surface area contributed by atoms with Crippen LogP contribution in [0.15, 0.2) is 34.7 Å². The summed E-state index contributed by atoms with van der Waals surface area (Å²) < 4.78 is 26.4. The summed E-state index contributed by atoms with van der Waals surface area (Å²) in [5.74, 6) is 0. The topological polar surface area (TPSA) is 61.2 Å². The number of benzene rings is 1. The smallest absolute Gasteiger partial charge is 0.207 e. The average molecular weight is 297 g/mol. The first-order valence-electron chi connectivity index (χ1n) is 5.80. The molecule has 1 aliphatic heterocycles. The monoisotopic (exact) mass is 296 g/mol. The van der Waals surface area contributed by atoms with E-state index in [-0.39, 0.29) is 15.5 Å². The Morgan fingerprint density at radius 1 is 1.42 bits per heavy atom. The molecule has 0 bridgehead atoms. The predicted molar refractivity (Wildman–Crippen MR) is 73.3 cm³/mol. The molecular formula is C13H13ClN2O2S. The van der Waals surface area contributed by atoms with E-state index in [1.54, 1.807) is 0 Å². The minimum absolute atomic E-state index is 0.00270. The van der Waals surface area contributed by atoms with Crippen LogP contribution in [0.4, 0.5) is 0 Å². The molecule has 1 aromatic carbocycles. The molecule has 0 atom stereocenters. The van der Waals surface area contributed by atoms with Gasteiger partial charge in [0.15, 0.2) is 0 Å². The van der Waals surface area contributed by atoms with Crippen LogP contribution >= 0.6 is 11.6 Å². The van der Waals surface area contributed by atoms with Crippen LogP contribution in [0.3, 0.4) is 0 Å². The third kappa shape index (κ3) is 2.81. The van der Waals surface area contributed by atoms with Crippen molar-refractivity contribution in [1.82, 2.24) is 4.31 Å². The van der Waals surface area contributed by atoms with E-state index in [0.717, 1.165) is 5.57 Å². The molecule has 0 aliphatic carbocycles. The summed E-state index contributed by atoms with van der Waals surface area (Å²) in [7, 11) is -3.65. The predicted octanol–water partition coefficient (Wildman–Crippen LogP) is 2.55. The zero-order valence-corrected chi connectivity index (χ0v) is 12.0. The lowest BCUT2D eigenvalue weighted by Crippen LogP contribution is -2.35. The molecule has 1 aromatic rings. The van der Waals surface area contributed by atoms with E-state index in [9.17, 15) is 8.42 Å². The van der Waals surface area contributed by atoms with E-state index in [4.69, 9.17) is 16.9 Å². The molecule has 0 fully saturated rings. The molecule has 0 saturated heterocycles. The molecule has 100 valence electrons. The lowest BCUT2D eigenvalue weighted by Gasteiger charge is -2.25. The Bertz CT molecular complexity index is 674. The third-order valence-corrected chi connectivity index (χ3v) is 5.30. The van der Waals surface area contributed by atoms with Gasteiger partial charge in [0.1, 0.15) is 4.90 Å². The van der Waals surface area contributed by atoms with Gasteiger partial charge in [-0.2, -0.15) is 9.57 Å². The van der Waals surface area contributed by atoms with Crippen molar-refractivity contribution in [3.8, 4) is 6.07 Å². The molecule has 0 amide bonds. The molecule has 1 heterocycles. The summed E-state index contributed by atoms with van der Waals surface area (Å²) in [6, 6.07) is 6.20. The highest BCUT2D eigenvalue weighted by molar-refractivity contribution is 7.89. The first-order valence-corrected chi connectivity index (χ1v) is 7.62. The Kier molecular flexibility index (Phi) is 3.95. The van der Waals surface area contributed by atoms with Gasteiger partial charge in [0, 0.05) is 13.1 Å². The second kappa shape index (κ2) is 5.33. The van der Waals surface area contributed by atoms with Crippen LogP contribution < -0.4 is 0 Å². The molecule has 1 aliphatic rings. The summed E-state index contributed by atoms with van der Waals surface area (Å²) in [5, 5.41) is 9.01. The number of rotatable bonds is 2. The fourth-order valence-corrected chi connectivity index (χ4v) is 3.99. The van der Waals surface area contributed by atoms with Crippen molar-refractivity contribution in [2.75, 3.05) is 13.1 Å². The van der Waals surface area contributed by atoms with E-state index in [0.29, 0.717) is 19.5 Å². The van der Waals surface area contributed by atoms with Gasteiger partial charge >= 0.3 is 0 Å². The lowest BCUT2D eigenvalue weighted by atomic mass is 10.2. The van der Waals surface area contributed by atoms with Gasteiger partial charge in [0.05, 0.1) is 16.7 Å². The maximum absolute atomic E-state index is 12.5. The number of sulfonamides is 1. The minimum atomic E-state index is -3.65. The summed E-state index contributed by atoms with van der Waals surface area (Å²) >= 11 is 5.96. The summed E-state index contributed by atoms with van der Waals surface area (Å²) in [4.78, 5) is 0.00270. The molecule has 0 radical (unpaired) electrons. The number of hydrogen-bond donors (Lipinski definition) is 0. The molecule has 0 N–H and O–H groups in total. The Hall–Kier alpha value is -1.35. The zero-order valence-electron chi connectivity index (χ0n) is 10.4. The van der Waals surface area contributed by atoms with Crippen LogP contribution in [0.5, 0.6) is 0 Å². The number of halogens is 1. The van der Waals surface area contributed by atoms with Gasteiger partial charge in [-0.3, -0.25) is 0 Å². The minimum Gasteiger partial charge on any atom is -0.207 e. The van der Waals surface area contributed by atoms with Gasteiger partial charge in [-0.15, -0.1) is 0 Å². The fraction of sp³-hybridized carbons (Fsp3) is 0.308. The van der Waals surface area contributed by atoms with Crippen molar-refractivity contribution in [2.45, 2.75) is 18.2 Å². The molecule has 0 saturated carbocycles. The maximum Gasteiger partial charge on any atom is 0.244 e. The highest BCUT2D eigenvalue weighted by Crippen LogP contribution is 2.27. The lowest BCUT2D eigenvalue weighted by molar-refractivity contribution is 0.428. The van der Waals surface area contributed by atoms with E-state index in [1.165, 1.54) is 22.5 Å². The summed E-state index contributed by atoms with van der Waals surface area (Å²) in [6.45, 7) is 2.71. The zero-order chi connectivity index (χ0) is 14.0. The van der Waals surface area contributed by atoms with Gasteiger partial charge in [-0.1, -0.05) is 23.3 Å². The van der Waals surface area contributed by atoms with Crippen molar-refractivity contribution in [3.63, 3.8) is 0 Å². The highest BCUT2D eigenvalue weighted by Gasteiger charge is 2.28. The Labute approximate surface area is 118 Å². The standard InChI is InChI=1S/C13H13ClN2O2S/c1-10-3-2-6-16(9-10)19(17,18)13-7-11(8-15)4-5-12(13)14/h3-5,7H,2,6,9H2,1H3. The second-order valence-electron chi connectivity index (χ2n) is 4.43. The second-order valence-corrected chi connectivity index (χ2v) is 6.75. The maximum atomic E-state index is 12.5. The summed E-state index contributed by atoms with van der Waals surface area (Å²) in [6.07, 6.45) is 2.72. The van der Waals surface area contributed by atoms with Gasteiger partial charge < -0.3 is 0 Å². The molecular weight excluding hydrogens is 284 g/mol. The van der Waals surface area contributed by atoms with Crippen LogP contribution in [0, 0.1) is 11.3 Å². The molecule has 0 spiro atoms. The largest absolute Gasteiger partial charge is 0.244 e. The van der Waals surface area contributed by atoms with Crippen LogP contribution in [-0.4, -0.2) is 25.8 Å². The molecule has 19 heavy (non-hydrogen) atoms. The van der Waals surface area contributed by atoms with Crippen LogP contribution in [0.25, 0.3) is 0 Å². The van der Waals surface area contributed by atoms with Crippen molar-refractivity contribution >= 4 is 21.6 Å². The van der Waals surface area contributed by atoms with Crippen molar-refractivity contribution in [2.24, 2.45) is 0 Å². The molecule has 6 heteroatoms. The van der Waals surface area contributed by atoms with Crippen LogP contribution in [0.1, 0.15) is 18.9 Å². The fourth-order valence-electron chi connectivity index (χ4n) is 1.99. The van der Waals surface area contributed by atoms with Crippen LogP contribution in [0.2, 0.25) is 5.02 Å². The van der Waals surface area contributed by atoms with Crippen molar-refractivity contribution < 1.29 is 8.42 Å². The molecule has 0 unspecified atom stereocenters. The number of hydrogen-bond acceptors (Lipinski definition) is 3. The Morgan fingerprint density at radius 3 is 2.79 bits per heavy atom. The summed E-state index contributed by atoms with van der Waals surface area (Å²) in [5.41, 5.74) is 1.30. The average Bonchev–Trinajstić information content (AvgIpc) is 2.39. The normalized spacial score (nSPS) is 16.8. The molecule has 2 rings (SSSR count). The van der Waals surface area contributed by atoms with E-state index in [2.05, 4.69) is 0 Å². The van der Waals surface area contributed by atoms with Gasteiger partial charge in [-0.05, 0) is 31.5 Å². The SMILES string of the molecule is CC1=CCCN(S(=O)(=O)c2cc(C#N)ccc2Cl)C1. The molecule has 4 nitrogen and oxygen atoms in total. The Balaban J connectivity index is 2.45. The number of nitrogens with zero attached hydrogens (tertiary/aromatic N) is 2. The first-order chi connectivity index (χ1) is 8.95. The number of nitriles is 1. The van der Waals surface area contributed by atoms with Crippen LogP contribution in [-0.2, 0) is 10.0 Å². The van der Waals surface area contributed by atoms with Gasteiger partial charge in [-0.25, -0.2) is 8.42 Å². The van der Waals surface area contributed by atoms with Gasteiger partial charge in [0.2, 0.25) is 10.0 Å². The first kappa shape index (κ1) is 14.1. The Morgan fingerprint density at radius 2 is 2.16 bits per heavy atom. The van der Waals surface area contributed by atoms with E-state index in [1.807, 2.05) is 19.1 Å². The highest BCUT2D eigenvalue weighted by atomic mass is 35.5. The van der Waals surface area contributed by atoms with E-state index >= 15 is 0 Å². The van der Waals surface area contributed by atoms with E-state index < -0.39 is 10.0 Å². The quantitative estimate of drug-likeness (QED) is 0.788. The van der Waals surface area contributed by atoms with Crippen molar-refractivity contribution in [1.29, 1.82) is 5.26 Å². The molecule has 0 aromatic heterocycles. The van der Waals surface area contributed by atoms with Gasteiger partial charge in [0.25, 0.3) is 0 Å². The van der Waals surface area contributed by atoms with Crippen molar-refractivity contribution in [3.05, 3.63) is 40.4 Å². The third-order valence-electron chi connectivity index (χ3n) is 2.98.